The van der Waals surface area contributed by atoms with Crippen molar-refractivity contribution in [1.29, 1.82) is 0 Å². The molecular formula is C32H34OP2. The van der Waals surface area contributed by atoms with E-state index in [1.165, 1.54) is 40.2 Å². The summed E-state index contributed by atoms with van der Waals surface area (Å²) in [6.07, 6.45) is 4.58. The minimum absolute atomic E-state index is 0.289. The van der Waals surface area contributed by atoms with Crippen LogP contribution in [-0.2, 0) is 0 Å². The highest BCUT2D eigenvalue weighted by molar-refractivity contribution is 7.74. The Morgan fingerprint density at radius 3 is 1.43 bits per heavy atom. The molecule has 0 aromatic heterocycles. The third-order valence-corrected chi connectivity index (χ3v) is 13.0. The van der Waals surface area contributed by atoms with Crippen LogP contribution in [0.25, 0.3) is 0 Å². The smallest absolute Gasteiger partial charge is 0.0433 e. The van der Waals surface area contributed by atoms with Gasteiger partial charge in [0.2, 0.25) is 0 Å². The molecule has 0 unspecified atom stereocenters. The Morgan fingerprint density at radius 2 is 1.00 bits per heavy atom. The Hall–Kier alpha value is -2.30. The molecule has 1 saturated carbocycles. The van der Waals surface area contributed by atoms with Gasteiger partial charge in [0.05, 0.1) is 0 Å². The summed E-state index contributed by atoms with van der Waals surface area (Å²) < 4.78 is 0. The predicted octanol–water partition coefficient (Wildman–Crippen LogP) is 6.03. The zero-order valence-corrected chi connectivity index (χ0v) is 21.9. The molecule has 1 aliphatic carbocycles. The molecule has 35 heavy (non-hydrogen) atoms. The lowest BCUT2D eigenvalue weighted by atomic mass is 9.95. The fourth-order valence-corrected chi connectivity index (χ4v) is 11.9. The molecule has 4 aromatic carbocycles. The normalized spacial score (nSPS) is 19.9. The standard InChI is InChI=1S/C32H34OP2/c33-24-23-26-21-22-32(35(29-17-9-3-10-18-29)30-19-11-4-12-20-30)31(26)25-34(27-13-5-1-6-14-27)28-15-7-2-8-16-28/h1-20,26,31-33H,21-25H2/t26-,31-,32+/m1/s1. The second-order valence-electron chi connectivity index (χ2n) is 9.40. The fraction of sp³-hybridized carbons (Fsp3) is 0.250. The molecule has 0 saturated heterocycles. The van der Waals surface area contributed by atoms with E-state index in [-0.39, 0.29) is 6.61 Å². The van der Waals surface area contributed by atoms with Crippen LogP contribution in [0.2, 0.25) is 0 Å². The summed E-state index contributed by atoms with van der Waals surface area (Å²) in [7, 11) is -0.928. The minimum Gasteiger partial charge on any atom is -0.396 e. The van der Waals surface area contributed by atoms with Crippen LogP contribution < -0.4 is 21.2 Å². The van der Waals surface area contributed by atoms with Crippen molar-refractivity contribution in [2.75, 3.05) is 12.8 Å². The minimum atomic E-state index is -0.468. The Balaban J connectivity index is 1.55. The maximum atomic E-state index is 9.98. The summed E-state index contributed by atoms with van der Waals surface area (Å²) in [6.45, 7) is 0.289. The van der Waals surface area contributed by atoms with E-state index in [9.17, 15) is 5.11 Å². The molecule has 0 amide bonds. The van der Waals surface area contributed by atoms with Crippen LogP contribution >= 0.6 is 15.8 Å². The number of hydrogen-bond acceptors (Lipinski definition) is 1. The third kappa shape index (κ3) is 5.76. The zero-order chi connectivity index (χ0) is 23.9. The molecule has 0 heterocycles. The van der Waals surface area contributed by atoms with Crippen molar-refractivity contribution < 1.29 is 5.11 Å². The predicted molar refractivity (Wildman–Crippen MR) is 155 cm³/mol. The number of aliphatic hydroxyl groups excluding tert-OH is 1. The van der Waals surface area contributed by atoms with E-state index in [1.807, 2.05) is 0 Å². The first-order chi connectivity index (χ1) is 17.3. The van der Waals surface area contributed by atoms with E-state index in [2.05, 4.69) is 121 Å². The number of rotatable bonds is 9. The highest BCUT2D eigenvalue weighted by Crippen LogP contribution is 2.55. The summed E-state index contributed by atoms with van der Waals surface area (Å²) in [6, 6.07) is 44.7. The first-order valence-corrected chi connectivity index (χ1v) is 15.7. The summed E-state index contributed by atoms with van der Waals surface area (Å²) in [5.41, 5.74) is 0.628. The van der Waals surface area contributed by atoms with Gasteiger partial charge >= 0.3 is 0 Å². The van der Waals surface area contributed by atoms with Crippen molar-refractivity contribution >= 4 is 37.1 Å². The van der Waals surface area contributed by atoms with E-state index in [1.54, 1.807) is 0 Å². The average molecular weight is 497 g/mol. The average Bonchev–Trinajstić information content (AvgIpc) is 3.31. The Morgan fingerprint density at radius 1 is 0.571 bits per heavy atom. The van der Waals surface area contributed by atoms with Crippen LogP contribution in [0.4, 0.5) is 0 Å². The van der Waals surface area contributed by atoms with Crippen molar-refractivity contribution in [3.8, 4) is 0 Å². The lowest BCUT2D eigenvalue weighted by Gasteiger charge is -2.35. The van der Waals surface area contributed by atoms with Gasteiger partial charge in [-0.3, -0.25) is 0 Å². The summed E-state index contributed by atoms with van der Waals surface area (Å²) in [5.74, 6) is 1.18. The van der Waals surface area contributed by atoms with Crippen molar-refractivity contribution in [2.45, 2.75) is 24.9 Å². The van der Waals surface area contributed by atoms with Gasteiger partial charge in [0.1, 0.15) is 0 Å². The van der Waals surface area contributed by atoms with E-state index in [4.69, 9.17) is 0 Å². The Labute approximate surface area is 212 Å². The van der Waals surface area contributed by atoms with E-state index in [0.717, 1.165) is 6.42 Å². The van der Waals surface area contributed by atoms with Gasteiger partial charge in [0.15, 0.2) is 0 Å². The van der Waals surface area contributed by atoms with Gasteiger partial charge in [-0.2, -0.15) is 0 Å². The molecule has 1 aliphatic rings. The molecule has 1 fully saturated rings. The van der Waals surface area contributed by atoms with Crippen LogP contribution in [0.15, 0.2) is 121 Å². The van der Waals surface area contributed by atoms with Gasteiger partial charge < -0.3 is 5.11 Å². The Kier molecular flexibility index (Phi) is 8.43. The van der Waals surface area contributed by atoms with Crippen LogP contribution in [0.1, 0.15) is 19.3 Å². The monoisotopic (exact) mass is 496 g/mol. The molecule has 0 aliphatic heterocycles. The molecule has 0 radical (unpaired) electrons. The van der Waals surface area contributed by atoms with Gasteiger partial charge in [0.25, 0.3) is 0 Å². The second-order valence-corrected chi connectivity index (χ2v) is 14.1. The van der Waals surface area contributed by atoms with Crippen LogP contribution in [-0.4, -0.2) is 23.5 Å². The lowest BCUT2D eigenvalue weighted by Crippen LogP contribution is -2.31. The highest BCUT2D eigenvalue weighted by Gasteiger charge is 2.42. The SMILES string of the molecule is OCC[C@H]1CC[C@H](P(c2ccccc2)c2ccccc2)[C@@H]1CP(c1ccccc1)c1ccccc1. The van der Waals surface area contributed by atoms with Gasteiger partial charge in [0, 0.05) is 6.61 Å². The molecule has 1 nitrogen and oxygen atoms in total. The summed E-state index contributed by atoms with van der Waals surface area (Å²) >= 11 is 0. The van der Waals surface area contributed by atoms with Crippen molar-refractivity contribution in [1.82, 2.24) is 0 Å². The van der Waals surface area contributed by atoms with Gasteiger partial charge in [-0.1, -0.05) is 121 Å². The fourth-order valence-electron chi connectivity index (χ4n) is 5.74. The lowest BCUT2D eigenvalue weighted by molar-refractivity contribution is 0.241. The third-order valence-electron chi connectivity index (χ3n) is 7.36. The topological polar surface area (TPSA) is 20.2 Å². The molecule has 3 atom stereocenters. The van der Waals surface area contributed by atoms with Crippen LogP contribution in [0.3, 0.4) is 0 Å². The van der Waals surface area contributed by atoms with E-state index in [0.29, 0.717) is 17.5 Å². The van der Waals surface area contributed by atoms with E-state index < -0.39 is 15.8 Å². The van der Waals surface area contributed by atoms with Crippen molar-refractivity contribution in [3.05, 3.63) is 121 Å². The molecule has 3 heteroatoms. The van der Waals surface area contributed by atoms with Crippen LogP contribution in [0.5, 0.6) is 0 Å². The highest BCUT2D eigenvalue weighted by atomic mass is 31.1. The summed E-state index contributed by atoms with van der Waals surface area (Å²) in [4.78, 5) is 0. The van der Waals surface area contributed by atoms with E-state index >= 15 is 0 Å². The largest absolute Gasteiger partial charge is 0.396 e. The van der Waals surface area contributed by atoms with Crippen LogP contribution in [0, 0.1) is 11.8 Å². The summed E-state index contributed by atoms with van der Waals surface area (Å²) in [5, 5.41) is 15.9. The maximum Gasteiger partial charge on any atom is 0.0433 e. The van der Waals surface area contributed by atoms with Crippen molar-refractivity contribution in [2.24, 2.45) is 11.8 Å². The van der Waals surface area contributed by atoms with Gasteiger partial charge in [-0.25, -0.2) is 0 Å². The number of aliphatic hydroxyl groups is 1. The maximum absolute atomic E-state index is 9.98. The number of hydrogen-bond donors (Lipinski definition) is 1. The molecular weight excluding hydrogens is 462 g/mol. The van der Waals surface area contributed by atoms with Crippen molar-refractivity contribution in [3.63, 3.8) is 0 Å². The molecule has 1 N–H and O–H groups in total. The Bertz CT molecular complexity index is 1070. The first-order valence-electron chi connectivity index (χ1n) is 12.7. The zero-order valence-electron chi connectivity index (χ0n) is 20.2. The van der Waals surface area contributed by atoms with Gasteiger partial charge in [-0.05, 0) is 80.0 Å². The quantitative estimate of drug-likeness (QED) is 0.281. The molecule has 0 spiro atoms. The molecule has 4 aromatic rings. The van der Waals surface area contributed by atoms with Gasteiger partial charge in [-0.15, -0.1) is 0 Å². The molecule has 178 valence electrons. The first kappa shape index (κ1) is 24.4. The molecule has 5 rings (SSSR count). The molecule has 0 bridgehead atoms. The number of benzene rings is 4. The second kappa shape index (κ2) is 12.1.